The van der Waals surface area contributed by atoms with Crippen LogP contribution in [0.15, 0.2) is 41.4 Å². The highest BCUT2D eigenvalue weighted by molar-refractivity contribution is 6.02. The minimum absolute atomic E-state index is 0.223. The Morgan fingerprint density at radius 3 is 2.64 bits per heavy atom. The summed E-state index contributed by atoms with van der Waals surface area (Å²) in [6.07, 6.45) is 0. The number of benzene rings is 2. The van der Waals surface area contributed by atoms with E-state index in [1.807, 2.05) is 0 Å². The first kappa shape index (κ1) is 14.2. The van der Waals surface area contributed by atoms with Gasteiger partial charge >= 0.3 is 0 Å². The summed E-state index contributed by atoms with van der Waals surface area (Å²) >= 11 is 0. The monoisotopic (exact) mass is 299 g/mol. The lowest BCUT2D eigenvalue weighted by atomic mass is 9.93. The topological polar surface area (TPSA) is 102 Å². The van der Waals surface area contributed by atoms with E-state index in [0.29, 0.717) is 22.3 Å². The summed E-state index contributed by atoms with van der Waals surface area (Å²) in [5, 5.41) is 10.7. The lowest BCUT2D eigenvalue weighted by molar-refractivity contribution is 0.0999. The zero-order chi connectivity index (χ0) is 16.1. The zero-order valence-electron chi connectivity index (χ0n) is 11.8. The second-order valence-electron chi connectivity index (χ2n) is 5.34. The maximum Gasteiger partial charge on any atom is 0.280 e. The predicted molar refractivity (Wildman–Crippen MR) is 80.6 cm³/mol. The molecule has 0 bridgehead atoms. The van der Waals surface area contributed by atoms with E-state index in [1.165, 1.54) is 18.2 Å². The molecule has 1 atom stereocenters. The molecule has 6 heteroatoms. The minimum atomic E-state index is -1.39. The third-order valence-corrected chi connectivity index (χ3v) is 3.83. The number of carbonyl (C=O) groups excluding carboxylic acids is 1. The van der Waals surface area contributed by atoms with E-state index >= 15 is 0 Å². The van der Waals surface area contributed by atoms with Crippen LogP contribution < -0.4 is 11.5 Å². The number of guanidine groups is 1. The van der Waals surface area contributed by atoms with Crippen molar-refractivity contribution in [3.05, 3.63) is 58.9 Å². The van der Waals surface area contributed by atoms with Crippen LogP contribution in [0.4, 0.5) is 4.39 Å². The van der Waals surface area contributed by atoms with Gasteiger partial charge in [0.05, 0.1) is 0 Å². The Kier molecular flexibility index (Phi) is 3.00. The standard InChI is InChI=1S/C16H14FN3O2/c1-16(22)10-3-2-4-12(17)13(10)9-6-5-8(7-11(9)16)14(21)20-15(18)19/h2-7,22H,1H3,(H4,18,19,20,21). The largest absolute Gasteiger partial charge is 0.381 e. The van der Waals surface area contributed by atoms with Gasteiger partial charge in [0, 0.05) is 11.1 Å². The van der Waals surface area contributed by atoms with Crippen LogP contribution in [-0.2, 0) is 5.60 Å². The summed E-state index contributed by atoms with van der Waals surface area (Å²) in [4.78, 5) is 15.4. The number of nitrogens with zero attached hydrogens (tertiary/aromatic N) is 1. The normalized spacial score (nSPS) is 18.5. The Morgan fingerprint density at radius 2 is 1.95 bits per heavy atom. The number of amides is 1. The van der Waals surface area contributed by atoms with Crippen LogP contribution in [0.5, 0.6) is 0 Å². The van der Waals surface area contributed by atoms with Crippen molar-refractivity contribution in [2.75, 3.05) is 0 Å². The van der Waals surface area contributed by atoms with Crippen LogP contribution >= 0.6 is 0 Å². The summed E-state index contributed by atoms with van der Waals surface area (Å²) in [7, 11) is 0. The highest BCUT2D eigenvalue weighted by Crippen LogP contribution is 2.48. The molecule has 5 N–H and O–H groups in total. The molecule has 0 saturated heterocycles. The third-order valence-electron chi connectivity index (χ3n) is 3.83. The number of hydrogen-bond acceptors (Lipinski definition) is 2. The van der Waals surface area contributed by atoms with Crippen molar-refractivity contribution in [1.29, 1.82) is 0 Å². The number of hydrogen-bond donors (Lipinski definition) is 3. The molecule has 2 aromatic carbocycles. The molecule has 112 valence electrons. The van der Waals surface area contributed by atoms with Gasteiger partial charge in [-0.3, -0.25) is 4.79 Å². The van der Waals surface area contributed by atoms with Gasteiger partial charge in [0.2, 0.25) is 0 Å². The predicted octanol–water partition coefficient (Wildman–Crippen LogP) is 1.48. The van der Waals surface area contributed by atoms with E-state index in [1.54, 1.807) is 25.1 Å². The number of carbonyl (C=O) groups is 1. The number of fused-ring (bicyclic) bond motifs is 3. The highest BCUT2D eigenvalue weighted by Gasteiger charge is 2.39. The molecular formula is C16H14FN3O2. The van der Waals surface area contributed by atoms with Gasteiger partial charge < -0.3 is 16.6 Å². The second-order valence-corrected chi connectivity index (χ2v) is 5.34. The molecule has 3 rings (SSSR count). The molecule has 0 spiro atoms. The van der Waals surface area contributed by atoms with Crippen LogP contribution in [0.3, 0.4) is 0 Å². The van der Waals surface area contributed by atoms with Gasteiger partial charge in [-0.2, -0.15) is 4.99 Å². The van der Waals surface area contributed by atoms with E-state index in [4.69, 9.17) is 11.5 Å². The number of rotatable bonds is 1. The van der Waals surface area contributed by atoms with Crippen molar-refractivity contribution in [3.8, 4) is 11.1 Å². The molecule has 0 saturated carbocycles. The van der Waals surface area contributed by atoms with Crippen LogP contribution in [0.2, 0.25) is 0 Å². The number of halogens is 1. The van der Waals surface area contributed by atoms with Crippen molar-refractivity contribution in [2.45, 2.75) is 12.5 Å². The first-order valence-corrected chi connectivity index (χ1v) is 6.62. The Labute approximate surface area is 126 Å². The fourth-order valence-electron chi connectivity index (χ4n) is 2.83. The molecule has 1 aliphatic carbocycles. The van der Waals surface area contributed by atoms with Crippen molar-refractivity contribution >= 4 is 11.9 Å². The second kappa shape index (κ2) is 4.64. The van der Waals surface area contributed by atoms with Crippen molar-refractivity contribution in [2.24, 2.45) is 16.5 Å². The lowest BCUT2D eigenvalue weighted by Crippen LogP contribution is -2.24. The summed E-state index contributed by atoms with van der Waals surface area (Å²) in [5.74, 6) is -1.37. The lowest BCUT2D eigenvalue weighted by Gasteiger charge is -2.20. The van der Waals surface area contributed by atoms with Crippen molar-refractivity contribution in [1.82, 2.24) is 0 Å². The van der Waals surface area contributed by atoms with Gasteiger partial charge in [0.1, 0.15) is 11.4 Å². The Hall–Kier alpha value is -2.73. The Morgan fingerprint density at radius 1 is 1.23 bits per heavy atom. The first-order valence-electron chi connectivity index (χ1n) is 6.62. The van der Waals surface area contributed by atoms with E-state index in [2.05, 4.69) is 4.99 Å². The minimum Gasteiger partial charge on any atom is -0.381 e. The van der Waals surface area contributed by atoms with Crippen LogP contribution in [0, 0.1) is 5.82 Å². The van der Waals surface area contributed by atoms with Crippen molar-refractivity contribution < 1.29 is 14.3 Å². The molecule has 2 aromatic rings. The maximum absolute atomic E-state index is 14.1. The van der Waals surface area contributed by atoms with E-state index in [-0.39, 0.29) is 11.5 Å². The average Bonchev–Trinajstić information content (AvgIpc) is 2.68. The van der Waals surface area contributed by atoms with Crippen LogP contribution in [0.25, 0.3) is 11.1 Å². The maximum atomic E-state index is 14.1. The zero-order valence-corrected chi connectivity index (χ0v) is 11.8. The molecule has 1 aliphatic rings. The van der Waals surface area contributed by atoms with E-state index < -0.39 is 17.3 Å². The van der Waals surface area contributed by atoms with Gasteiger partial charge in [-0.1, -0.05) is 18.2 Å². The highest BCUT2D eigenvalue weighted by atomic mass is 19.1. The van der Waals surface area contributed by atoms with Gasteiger partial charge in [-0.25, -0.2) is 4.39 Å². The average molecular weight is 299 g/mol. The summed E-state index contributed by atoms with van der Waals surface area (Å²) in [6.45, 7) is 1.56. The molecule has 22 heavy (non-hydrogen) atoms. The molecular weight excluding hydrogens is 285 g/mol. The summed E-state index contributed by atoms with van der Waals surface area (Å²) < 4.78 is 14.1. The van der Waals surface area contributed by atoms with Crippen molar-refractivity contribution in [3.63, 3.8) is 0 Å². The van der Waals surface area contributed by atoms with E-state index in [9.17, 15) is 14.3 Å². The molecule has 0 radical (unpaired) electrons. The molecule has 0 fully saturated rings. The first-order chi connectivity index (χ1) is 10.3. The van der Waals surface area contributed by atoms with Gasteiger partial charge in [0.15, 0.2) is 5.96 Å². The van der Waals surface area contributed by atoms with Crippen LogP contribution in [-0.4, -0.2) is 17.0 Å². The van der Waals surface area contributed by atoms with E-state index in [0.717, 1.165) is 0 Å². The molecule has 0 aliphatic heterocycles. The Bertz CT molecular complexity index is 824. The number of aliphatic imine (C=N–C) groups is 1. The summed E-state index contributed by atoms with van der Waals surface area (Å²) in [5.41, 5.74) is 11.0. The van der Waals surface area contributed by atoms with Crippen LogP contribution in [0.1, 0.15) is 28.4 Å². The van der Waals surface area contributed by atoms with Gasteiger partial charge in [-0.05, 0) is 41.8 Å². The number of aliphatic hydroxyl groups is 1. The van der Waals surface area contributed by atoms with Gasteiger partial charge in [-0.15, -0.1) is 0 Å². The summed E-state index contributed by atoms with van der Waals surface area (Å²) in [6, 6.07) is 9.13. The molecule has 1 amide bonds. The smallest absolute Gasteiger partial charge is 0.280 e. The number of nitrogens with two attached hydrogens (primary N) is 2. The molecule has 5 nitrogen and oxygen atoms in total. The molecule has 0 heterocycles. The fourth-order valence-corrected chi connectivity index (χ4v) is 2.83. The SMILES string of the molecule is CC1(O)c2cc(C(=O)N=C(N)N)ccc2-c2c(F)cccc21. The quantitative estimate of drug-likeness (QED) is 0.548. The molecule has 1 unspecified atom stereocenters. The van der Waals surface area contributed by atoms with Gasteiger partial charge in [0.25, 0.3) is 5.91 Å². The fraction of sp³-hybridized carbons (Fsp3) is 0.125. The Balaban J connectivity index is 2.20. The molecule has 0 aromatic heterocycles. The third kappa shape index (κ3) is 1.96.